The molecule has 5 nitrogen and oxygen atoms in total. The summed E-state index contributed by atoms with van der Waals surface area (Å²) in [5.41, 5.74) is 5.48. The maximum atomic E-state index is 11.4. The van der Waals surface area contributed by atoms with Crippen molar-refractivity contribution in [2.24, 2.45) is 5.73 Å². The molecule has 0 aromatic heterocycles. The molecule has 5 heteroatoms. The summed E-state index contributed by atoms with van der Waals surface area (Å²) in [5.74, 6) is 0.162. The second-order valence-electron chi connectivity index (χ2n) is 4.01. The lowest BCUT2D eigenvalue weighted by Crippen LogP contribution is -2.34. The Kier molecular flexibility index (Phi) is 9.18. The van der Waals surface area contributed by atoms with E-state index < -0.39 is 0 Å². The number of hydrogen-bond donors (Lipinski definition) is 1. The topological polar surface area (TPSA) is 58.8 Å². The third kappa shape index (κ3) is 7.62. The fourth-order valence-electron chi connectivity index (χ4n) is 1.35. The van der Waals surface area contributed by atoms with Crippen LogP contribution in [-0.2, 0) is 9.53 Å². The van der Waals surface area contributed by atoms with Crippen molar-refractivity contribution in [3.63, 3.8) is 0 Å². The number of carbonyl (C=O) groups excluding carboxylic acids is 1. The van der Waals surface area contributed by atoms with Gasteiger partial charge in [0.2, 0.25) is 5.91 Å². The summed E-state index contributed by atoms with van der Waals surface area (Å²) in [5, 5.41) is 0. The van der Waals surface area contributed by atoms with Gasteiger partial charge in [-0.15, -0.1) is 0 Å². The molecule has 1 amide bonds. The predicted octanol–water partition coefficient (Wildman–Crippen LogP) is -0.238. The molecule has 0 fully saturated rings. The predicted molar refractivity (Wildman–Crippen MR) is 65.3 cm³/mol. The van der Waals surface area contributed by atoms with Crippen LogP contribution < -0.4 is 5.73 Å². The van der Waals surface area contributed by atoms with E-state index in [0.29, 0.717) is 19.6 Å². The van der Waals surface area contributed by atoms with Gasteiger partial charge >= 0.3 is 0 Å². The lowest BCUT2D eigenvalue weighted by molar-refractivity contribution is -0.129. The van der Waals surface area contributed by atoms with Gasteiger partial charge in [-0.05, 0) is 19.5 Å². The normalized spacial score (nSPS) is 10.8. The van der Waals surface area contributed by atoms with Crippen molar-refractivity contribution in [3.05, 3.63) is 0 Å². The molecule has 96 valence electrons. The maximum absolute atomic E-state index is 11.4. The van der Waals surface area contributed by atoms with Gasteiger partial charge in [0.25, 0.3) is 0 Å². The Morgan fingerprint density at radius 2 is 1.94 bits per heavy atom. The third-order valence-corrected chi connectivity index (χ3v) is 2.43. The fourth-order valence-corrected chi connectivity index (χ4v) is 1.35. The first kappa shape index (κ1) is 15.3. The molecule has 0 atom stereocenters. The number of hydrogen-bond acceptors (Lipinski definition) is 4. The van der Waals surface area contributed by atoms with Crippen LogP contribution in [-0.4, -0.2) is 69.7 Å². The van der Waals surface area contributed by atoms with Crippen LogP contribution in [0.2, 0.25) is 0 Å². The summed E-state index contributed by atoms with van der Waals surface area (Å²) < 4.78 is 5.04. The van der Waals surface area contributed by atoms with E-state index in [-0.39, 0.29) is 5.91 Å². The van der Waals surface area contributed by atoms with E-state index in [1.807, 2.05) is 0 Å². The summed E-state index contributed by atoms with van der Waals surface area (Å²) >= 11 is 0. The molecule has 0 unspecified atom stereocenters. The summed E-state index contributed by atoms with van der Waals surface area (Å²) in [4.78, 5) is 15.3. The lowest BCUT2D eigenvalue weighted by atomic mass is 10.3. The van der Waals surface area contributed by atoms with E-state index in [9.17, 15) is 4.79 Å². The Hall–Kier alpha value is -0.650. The van der Waals surface area contributed by atoms with Crippen molar-refractivity contribution < 1.29 is 9.53 Å². The van der Waals surface area contributed by atoms with E-state index in [1.54, 1.807) is 26.1 Å². The smallest absolute Gasteiger partial charge is 0.223 e. The molecule has 0 radical (unpaired) electrons. The van der Waals surface area contributed by atoms with Crippen LogP contribution in [0.5, 0.6) is 0 Å². The van der Waals surface area contributed by atoms with E-state index in [2.05, 4.69) is 4.90 Å². The van der Waals surface area contributed by atoms with Crippen molar-refractivity contribution in [1.29, 1.82) is 0 Å². The van der Waals surface area contributed by atoms with E-state index in [4.69, 9.17) is 10.5 Å². The van der Waals surface area contributed by atoms with Crippen LogP contribution >= 0.6 is 0 Å². The average Bonchev–Trinajstić information content (AvgIpc) is 2.27. The van der Waals surface area contributed by atoms with Crippen molar-refractivity contribution >= 4 is 5.91 Å². The van der Waals surface area contributed by atoms with Gasteiger partial charge in [0, 0.05) is 40.7 Å². The second kappa shape index (κ2) is 9.57. The lowest BCUT2D eigenvalue weighted by Gasteiger charge is -2.22. The number of methoxy groups -OCH3 is 1. The van der Waals surface area contributed by atoms with E-state index in [1.165, 1.54) is 0 Å². The number of nitrogens with two attached hydrogens (primary N) is 1. The number of amides is 1. The molecular formula is C11H25N3O2. The molecular weight excluding hydrogens is 206 g/mol. The first-order chi connectivity index (χ1) is 7.61. The summed E-state index contributed by atoms with van der Waals surface area (Å²) in [6, 6.07) is 0. The summed E-state index contributed by atoms with van der Waals surface area (Å²) in [6.45, 7) is 3.95. The first-order valence-corrected chi connectivity index (χ1v) is 5.73. The molecule has 2 N–H and O–H groups in total. The maximum Gasteiger partial charge on any atom is 0.223 e. The number of ether oxygens (including phenoxy) is 1. The van der Waals surface area contributed by atoms with Crippen molar-refractivity contribution in [2.75, 3.05) is 54.0 Å². The molecule has 0 saturated heterocycles. The quantitative estimate of drug-likeness (QED) is 0.595. The minimum absolute atomic E-state index is 0.162. The number of nitrogens with zero attached hydrogens (tertiary/aromatic N) is 2. The zero-order valence-corrected chi connectivity index (χ0v) is 10.7. The van der Waals surface area contributed by atoms with Crippen LogP contribution in [0.15, 0.2) is 0 Å². The van der Waals surface area contributed by atoms with Crippen LogP contribution in [0.25, 0.3) is 0 Å². The van der Waals surface area contributed by atoms with Gasteiger partial charge in [-0.2, -0.15) is 0 Å². The van der Waals surface area contributed by atoms with Gasteiger partial charge in [0.05, 0.1) is 6.61 Å². The van der Waals surface area contributed by atoms with Crippen molar-refractivity contribution in [2.45, 2.75) is 12.8 Å². The van der Waals surface area contributed by atoms with Gasteiger partial charge in [-0.1, -0.05) is 0 Å². The first-order valence-electron chi connectivity index (χ1n) is 5.73. The Morgan fingerprint density at radius 1 is 1.25 bits per heavy atom. The molecule has 0 heterocycles. The van der Waals surface area contributed by atoms with Gasteiger partial charge in [0.1, 0.15) is 0 Å². The largest absolute Gasteiger partial charge is 0.383 e. The van der Waals surface area contributed by atoms with Crippen LogP contribution in [0.1, 0.15) is 12.8 Å². The number of carbonyl (C=O) groups is 1. The Balaban J connectivity index is 3.85. The average molecular weight is 231 g/mol. The van der Waals surface area contributed by atoms with Crippen molar-refractivity contribution in [3.8, 4) is 0 Å². The Labute approximate surface area is 98.5 Å². The monoisotopic (exact) mass is 231 g/mol. The highest BCUT2D eigenvalue weighted by Crippen LogP contribution is 1.96. The molecule has 16 heavy (non-hydrogen) atoms. The fraction of sp³-hybridized carbons (Fsp3) is 0.909. The minimum atomic E-state index is 0.162. The molecule has 0 aromatic carbocycles. The van der Waals surface area contributed by atoms with Crippen LogP contribution in [0.4, 0.5) is 0 Å². The molecule has 0 bridgehead atoms. The highest BCUT2D eigenvalue weighted by molar-refractivity contribution is 5.75. The van der Waals surface area contributed by atoms with Crippen LogP contribution in [0.3, 0.4) is 0 Å². The van der Waals surface area contributed by atoms with Crippen molar-refractivity contribution in [1.82, 2.24) is 9.80 Å². The van der Waals surface area contributed by atoms with E-state index in [0.717, 1.165) is 26.1 Å². The molecule has 0 spiro atoms. The Bertz CT molecular complexity index is 178. The highest BCUT2D eigenvalue weighted by atomic mass is 16.5. The van der Waals surface area contributed by atoms with Gasteiger partial charge in [0.15, 0.2) is 0 Å². The van der Waals surface area contributed by atoms with Gasteiger partial charge in [-0.25, -0.2) is 0 Å². The van der Waals surface area contributed by atoms with Crippen LogP contribution in [0, 0.1) is 0 Å². The third-order valence-electron chi connectivity index (χ3n) is 2.43. The molecule has 0 rings (SSSR count). The second-order valence-corrected chi connectivity index (χ2v) is 4.01. The molecule has 0 aliphatic rings. The molecule has 0 aliphatic carbocycles. The molecule has 0 aliphatic heterocycles. The van der Waals surface area contributed by atoms with Gasteiger partial charge < -0.3 is 20.3 Å². The summed E-state index contributed by atoms with van der Waals surface area (Å²) in [7, 11) is 5.25. The SMILES string of the molecule is COCCN(CCCN)CCC(=O)N(C)C. The zero-order valence-electron chi connectivity index (χ0n) is 10.7. The zero-order chi connectivity index (χ0) is 12.4. The van der Waals surface area contributed by atoms with E-state index >= 15 is 0 Å². The summed E-state index contributed by atoms with van der Waals surface area (Å²) in [6.07, 6.45) is 1.52. The minimum Gasteiger partial charge on any atom is -0.383 e. The number of rotatable bonds is 9. The Morgan fingerprint density at radius 3 is 2.44 bits per heavy atom. The highest BCUT2D eigenvalue weighted by Gasteiger charge is 2.08. The standard InChI is InChI=1S/C11H25N3O2/c1-13(2)11(15)5-8-14(7-4-6-12)9-10-16-3/h4-10,12H2,1-3H3. The molecule has 0 saturated carbocycles. The molecule has 0 aromatic rings. The van der Waals surface area contributed by atoms with Gasteiger partial charge in [-0.3, -0.25) is 4.79 Å².